The van der Waals surface area contributed by atoms with Crippen LogP contribution in [0.4, 0.5) is 0 Å². The number of aryl methyl sites for hydroxylation is 1. The van der Waals surface area contributed by atoms with Crippen molar-refractivity contribution >= 4 is 10.9 Å². The quantitative estimate of drug-likeness (QED) is 0.579. The van der Waals surface area contributed by atoms with Gasteiger partial charge in [0.2, 0.25) is 0 Å². The lowest BCUT2D eigenvalue weighted by molar-refractivity contribution is 0.446. The second kappa shape index (κ2) is 5.64. The van der Waals surface area contributed by atoms with Crippen molar-refractivity contribution in [2.24, 2.45) is 0 Å². The van der Waals surface area contributed by atoms with Gasteiger partial charge < -0.3 is 4.98 Å². The zero-order chi connectivity index (χ0) is 14.9. The Morgan fingerprint density at radius 2 is 1.68 bits per heavy atom. The molecule has 0 unspecified atom stereocenters. The number of nitrogens with one attached hydrogen (secondary N) is 1. The molecule has 112 valence electrons. The van der Waals surface area contributed by atoms with Gasteiger partial charge in [-0.25, -0.2) is 0 Å². The van der Waals surface area contributed by atoms with Gasteiger partial charge in [0.1, 0.15) is 0 Å². The topological polar surface area (TPSA) is 15.8 Å². The first-order valence-corrected chi connectivity index (χ1v) is 8.50. The van der Waals surface area contributed by atoms with Crippen LogP contribution in [0.25, 0.3) is 22.2 Å². The lowest BCUT2D eigenvalue weighted by atomic mass is 9.82. The highest BCUT2D eigenvalue weighted by atomic mass is 14.7. The molecule has 0 bridgehead atoms. The summed E-state index contributed by atoms with van der Waals surface area (Å²) in [4.78, 5) is 3.72. The van der Waals surface area contributed by atoms with Gasteiger partial charge in [-0.15, -0.1) is 0 Å². The van der Waals surface area contributed by atoms with E-state index in [4.69, 9.17) is 0 Å². The van der Waals surface area contributed by atoms with Gasteiger partial charge in [-0.1, -0.05) is 61.7 Å². The van der Waals surface area contributed by atoms with Crippen molar-refractivity contribution in [2.45, 2.75) is 44.9 Å². The van der Waals surface area contributed by atoms with Crippen molar-refractivity contribution in [1.29, 1.82) is 0 Å². The second-order valence-electron chi connectivity index (χ2n) is 6.66. The molecule has 2 aromatic carbocycles. The fourth-order valence-electron chi connectivity index (χ4n) is 3.98. The van der Waals surface area contributed by atoms with Gasteiger partial charge in [0.05, 0.1) is 0 Å². The number of hydrogen-bond donors (Lipinski definition) is 1. The summed E-state index contributed by atoms with van der Waals surface area (Å²) in [7, 11) is 0. The minimum absolute atomic E-state index is 0.709. The van der Waals surface area contributed by atoms with Crippen LogP contribution < -0.4 is 0 Å². The third-order valence-corrected chi connectivity index (χ3v) is 5.07. The molecule has 1 aliphatic rings. The van der Waals surface area contributed by atoms with Gasteiger partial charge in [0.15, 0.2) is 0 Å². The van der Waals surface area contributed by atoms with Crippen molar-refractivity contribution in [3.05, 3.63) is 59.7 Å². The van der Waals surface area contributed by atoms with Gasteiger partial charge in [-0.2, -0.15) is 0 Å². The number of H-pyrrole nitrogens is 1. The number of benzene rings is 2. The number of fused-ring (bicyclic) bond motifs is 1. The molecule has 1 heterocycles. The Labute approximate surface area is 132 Å². The van der Waals surface area contributed by atoms with E-state index in [1.165, 1.54) is 59.8 Å². The number of aromatic nitrogens is 1. The van der Waals surface area contributed by atoms with Gasteiger partial charge in [0.25, 0.3) is 0 Å². The minimum Gasteiger partial charge on any atom is -0.354 e. The average molecular weight is 289 g/mol. The maximum Gasteiger partial charge on any atom is 0.0500 e. The molecular weight excluding hydrogens is 266 g/mol. The minimum atomic E-state index is 0.709. The van der Waals surface area contributed by atoms with Gasteiger partial charge in [-0.3, -0.25) is 0 Å². The van der Waals surface area contributed by atoms with Crippen LogP contribution in [0.2, 0.25) is 0 Å². The third-order valence-electron chi connectivity index (χ3n) is 5.07. The van der Waals surface area contributed by atoms with Crippen molar-refractivity contribution in [3.8, 4) is 11.3 Å². The lowest BCUT2D eigenvalue weighted by Gasteiger charge is -2.23. The molecule has 0 amide bonds. The Morgan fingerprint density at radius 1 is 0.909 bits per heavy atom. The molecule has 1 N–H and O–H groups in total. The molecule has 0 atom stereocenters. The predicted octanol–water partition coefficient (Wildman–Crippen LogP) is 6.19. The smallest absolute Gasteiger partial charge is 0.0500 e. The summed E-state index contributed by atoms with van der Waals surface area (Å²) in [6.07, 6.45) is 6.81. The van der Waals surface area contributed by atoms with Crippen LogP contribution in [-0.4, -0.2) is 4.98 Å². The van der Waals surface area contributed by atoms with Crippen molar-refractivity contribution in [1.82, 2.24) is 4.98 Å². The first kappa shape index (κ1) is 13.6. The molecular formula is C21H23N. The van der Waals surface area contributed by atoms with Crippen LogP contribution in [0.15, 0.2) is 48.5 Å². The molecule has 0 spiro atoms. The van der Waals surface area contributed by atoms with E-state index < -0.39 is 0 Å². The fraction of sp³-hybridized carbons (Fsp3) is 0.333. The van der Waals surface area contributed by atoms with E-state index in [-0.39, 0.29) is 0 Å². The molecule has 3 aromatic rings. The summed E-state index contributed by atoms with van der Waals surface area (Å²) in [6.45, 7) is 2.17. The molecule has 1 saturated carbocycles. The summed E-state index contributed by atoms with van der Waals surface area (Å²) in [5.41, 5.74) is 6.83. The van der Waals surface area contributed by atoms with E-state index in [0.717, 1.165) is 0 Å². The molecule has 1 fully saturated rings. The van der Waals surface area contributed by atoms with E-state index >= 15 is 0 Å². The predicted molar refractivity (Wildman–Crippen MR) is 94.3 cm³/mol. The van der Waals surface area contributed by atoms with E-state index in [0.29, 0.717) is 5.92 Å². The van der Waals surface area contributed by atoms with E-state index in [2.05, 4.69) is 60.4 Å². The maximum absolute atomic E-state index is 3.72. The highest BCUT2D eigenvalue weighted by Gasteiger charge is 2.23. The Hall–Kier alpha value is -2.02. The molecule has 0 saturated heterocycles. The Bertz CT molecular complexity index is 776. The van der Waals surface area contributed by atoms with E-state index in [1.54, 1.807) is 5.56 Å². The number of hydrogen-bond acceptors (Lipinski definition) is 0. The second-order valence-corrected chi connectivity index (χ2v) is 6.66. The van der Waals surface area contributed by atoms with Gasteiger partial charge in [0, 0.05) is 16.6 Å². The first-order valence-electron chi connectivity index (χ1n) is 8.50. The monoisotopic (exact) mass is 289 g/mol. The van der Waals surface area contributed by atoms with Gasteiger partial charge >= 0.3 is 0 Å². The summed E-state index contributed by atoms with van der Waals surface area (Å²) in [5.74, 6) is 0.709. The van der Waals surface area contributed by atoms with Crippen LogP contribution in [0.1, 0.15) is 49.1 Å². The third kappa shape index (κ3) is 2.35. The van der Waals surface area contributed by atoms with Gasteiger partial charge in [-0.05, 0) is 48.4 Å². The summed E-state index contributed by atoms with van der Waals surface area (Å²) in [6, 6.07) is 17.7. The van der Waals surface area contributed by atoms with Crippen molar-refractivity contribution < 1.29 is 0 Å². The Morgan fingerprint density at radius 3 is 2.45 bits per heavy atom. The van der Waals surface area contributed by atoms with E-state index in [9.17, 15) is 0 Å². The van der Waals surface area contributed by atoms with Crippen molar-refractivity contribution in [3.63, 3.8) is 0 Å². The fourth-order valence-corrected chi connectivity index (χ4v) is 3.98. The van der Waals surface area contributed by atoms with Crippen LogP contribution in [0, 0.1) is 6.92 Å². The zero-order valence-corrected chi connectivity index (χ0v) is 13.2. The SMILES string of the molecule is Cc1ccc2c(C3CCCCC3)c(-c3ccccc3)[nH]c2c1. The molecule has 1 aromatic heterocycles. The summed E-state index contributed by atoms with van der Waals surface area (Å²) in [5, 5.41) is 1.43. The largest absolute Gasteiger partial charge is 0.354 e. The standard InChI is InChI=1S/C21H23N/c1-15-12-13-18-19(14-15)22-21(17-10-6-3-7-11-17)20(18)16-8-4-2-5-9-16/h3,6-7,10-14,16,22H,2,4-5,8-9H2,1H3. The molecule has 4 rings (SSSR count). The molecule has 0 radical (unpaired) electrons. The van der Waals surface area contributed by atoms with Crippen LogP contribution in [0.3, 0.4) is 0 Å². The molecule has 1 nitrogen and oxygen atoms in total. The highest BCUT2D eigenvalue weighted by molar-refractivity contribution is 5.91. The molecule has 0 aliphatic heterocycles. The zero-order valence-electron chi connectivity index (χ0n) is 13.2. The molecule has 1 aliphatic carbocycles. The summed E-state index contributed by atoms with van der Waals surface area (Å²) < 4.78 is 0. The lowest BCUT2D eigenvalue weighted by Crippen LogP contribution is -2.05. The van der Waals surface area contributed by atoms with Crippen molar-refractivity contribution in [2.75, 3.05) is 0 Å². The normalized spacial score (nSPS) is 16.2. The average Bonchev–Trinajstić information content (AvgIpc) is 2.95. The number of aromatic amines is 1. The van der Waals surface area contributed by atoms with E-state index in [1.807, 2.05) is 0 Å². The Kier molecular flexibility index (Phi) is 3.49. The molecule has 22 heavy (non-hydrogen) atoms. The van der Waals surface area contributed by atoms with Crippen LogP contribution in [0.5, 0.6) is 0 Å². The Balaban J connectivity index is 1.93. The van der Waals surface area contributed by atoms with Crippen LogP contribution in [-0.2, 0) is 0 Å². The van der Waals surface area contributed by atoms with Crippen LogP contribution >= 0.6 is 0 Å². The first-order chi connectivity index (χ1) is 10.8. The maximum atomic E-state index is 3.72. The number of rotatable bonds is 2. The highest BCUT2D eigenvalue weighted by Crippen LogP contribution is 2.42. The summed E-state index contributed by atoms with van der Waals surface area (Å²) >= 11 is 0. The molecule has 1 heteroatoms.